The lowest BCUT2D eigenvalue weighted by molar-refractivity contribution is -0.129. The van der Waals surface area contributed by atoms with Crippen LogP contribution in [0, 0.1) is 5.41 Å². The standard InChI is InChI=1S/C14H26N2O3/c1-9-10(17)15(8)11(13(2,3)4)16(9)12(18)19-14(5,6)7/h9,11H,1-8H3/t9-,11+/m1/s1/i1-1. The highest BCUT2D eigenvalue weighted by Gasteiger charge is 2.50. The lowest BCUT2D eigenvalue weighted by atomic mass is 9.91. The van der Waals surface area contributed by atoms with Crippen LogP contribution in [0.25, 0.3) is 0 Å². The molecule has 19 heavy (non-hydrogen) atoms. The maximum absolute atomic E-state index is 12.3. The molecule has 0 bridgehead atoms. The van der Waals surface area contributed by atoms with Gasteiger partial charge in [-0.05, 0) is 27.7 Å². The average Bonchev–Trinajstić information content (AvgIpc) is 2.39. The minimum atomic E-state index is -0.566. The molecule has 0 aromatic carbocycles. The van der Waals surface area contributed by atoms with Crippen molar-refractivity contribution >= 4 is 12.0 Å². The van der Waals surface area contributed by atoms with E-state index in [1.807, 2.05) is 41.5 Å². The quantitative estimate of drug-likeness (QED) is 0.678. The lowest BCUT2D eigenvalue weighted by Gasteiger charge is -2.39. The van der Waals surface area contributed by atoms with Gasteiger partial charge in [-0.3, -0.25) is 9.69 Å². The molecule has 110 valence electrons. The summed E-state index contributed by atoms with van der Waals surface area (Å²) in [5.74, 6) is -0.0502. The number of amides is 2. The number of nitrogens with zero attached hydrogens (tertiary/aromatic N) is 2. The number of hydrogen-bond donors (Lipinski definition) is 0. The third kappa shape index (κ3) is 3.19. The van der Waals surface area contributed by atoms with Gasteiger partial charge < -0.3 is 9.64 Å². The first-order valence-corrected chi connectivity index (χ1v) is 6.64. The predicted octanol–water partition coefficient (Wildman–Crippen LogP) is 2.46. The normalized spacial score (nSPS) is 24.9. The van der Waals surface area contributed by atoms with Crippen LogP contribution in [0.4, 0.5) is 4.79 Å². The molecule has 1 rings (SSSR count). The Bertz CT molecular complexity index is 379. The summed E-state index contributed by atoms with van der Waals surface area (Å²) in [6.45, 7) is 13.2. The number of rotatable bonds is 0. The molecule has 0 aromatic heterocycles. The number of likely N-dealkylation sites (N-methyl/N-ethyl adjacent to an activating group) is 1. The minimum absolute atomic E-state index is 0.0502. The second-order valence-electron chi connectivity index (χ2n) is 7.25. The van der Waals surface area contributed by atoms with Gasteiger partial charge in [0.1, 0.15) is 17.8 Å². The fraction of sp³-hybridized carbons (Fsp3) is 0.857. The molecular weight excluding hydrogens is 243 g/mol. The van der Waals surface area contributed by atoms with Crippen LogP contribution in [0.3, 0.4) is 0 Å². The highest BCUT2D eigenvalue weighted by molar-refractivity contribution is 5.89. The lowest BCUT2D eigenvalue weighted by Crippen LogP contribution is -2.51. The Morgan fingerprint density at radius 1 is 1.16 bits per heavy atom. The van der Waals surface area contributed by atoms with Gasteiger partial charge in [0.2, 0.25) is 5.91 Å². The smallest absolute Gasteiger partial charge is 0.412 e. The first-order valence-electron chi connectivity index (χ1n) is 6.64. The van der Waals surface area contributed by atoms with Gasteiger partial charge >= 0.3 is 6.09 Å². The second kappa shape index (κ2) is 4.69. The average molecular weight is 269 g/mol. The van der Waals surface area contributed by atoms with Crippen molar-refractivity contribution in [3.63, 3.8) is 0 Å². The molecule has 1 aliphatic heterocycles. The van der Waals surface area contributed by atoms with Crippen molar-refractivity contribution in [2.45, 2.75) is 66.3 Å². The molecule has 1 heterocycles. The Kier molecular flexibility index (Phi) is 3.90. The topological polar surface area (TPSA) is 49.9 Å². The van der Waals surface area contributed by atoms with E-state index in [0.29, 0.717) is 0 Å². The summed E-state index contributed by atoms with van der Waals surface area (Å²) in [5, 5.41) is 0. The zero-order valence-corrected chi connectivity index (χ0v) is 13.3. The summed E-state index contributed by atoms with van der Waals surface area (Å²) in [5.41, 5.74) is -0.796. The number of hydrogen-bond acceptors (Lipinski definition) is 3. The van der Waals surface area contributed by atoms with Crippen LogP contribution < -0.4 is 0 Å². The summed E-state index contributed by atoms with van der Waals surface area (Å²) in [4.78, 5) is 27.6. The maximum Gasteiger partial charge on any atom is 0.412 e. The van der Waals surface area contributed by atoms with Crippen molar-refractivity contribution in [2.24, 2.45) is 5.41 Å². The van der Waals surface area contributed by atoms with Crippen LogP contribution in [0.1, 0.15) is 48.5 Å². The Labute approximate surface area is 115 Å². The zero-order chi connectivity index (χ0) is 15.2. The third-order valence-corrected chi connectivity index (χ3v) is 3.13. The Hall–Kier alpha value is -1.26. The molecule has 1 aliphatic rings. The first-order chi connectivity index (χ1) is 8.36. The second-order valence-corrected chi connectivity index (χ2v) is 7.25. The molecule has 0 aromatic rings. The highest BCUT2D eigenvalue weighted by Crippen LogP contribution is 2.34. The number of ether oxygens (including phenoxy) is 1. The Morgan fingerprint density at radius 3 is 2.00 bits per heavy atom. The van der Waals surface area contributed by atoms with Crippen LogP contribution in [0.2, 0.25) is 0 Å². The fourth-order valence-corrected chi connectivity index (χ4v) is 2.50. The summed E-state index contributed by atoms with van der Waals surface area (Å²) in [6.07, 6.45) is -0.720. The van der Waals surface area contributed by atoms with Gasteiger partial charge in [0.05, 0.1) is 0 Å². The summed E-state index contributed by atoms with van der Waals surface area (Å²) < 4.78 is 5.42. The van der Waals surface area contributed by atoms with Gasteiger partial charge in [-0.15, -0.1) is 0 Å². The predicted molar refractivity (Wildman–Crippen MR) is 73.5 cm³/mol. The number of carbonyl (C=O) groups is 2. The van der Waals surface area contributed by atoms with Gasteiger partial charge in [0.25, 0.3) is 0 Å². The van der Waals surface area contributed by atoms with Crippen LogP contribution in [-0.4, -0.2) is 46.7 Å². The minimum Gasteiger partial charge on any atom is -0.444 e. The highest BCUT2D eigenvalue weighted by atomic mass is 16.6. The fourth-order valence-electron chi connectivity index (χ4n) is 2.50. The molecule has 0 unspecified atom stereocenters. The van der Waals surface area contributed by atoms with E-state index in [0.717, 1.165) is 0 Å². The van der Waals surface area contributed by atoms with E-state index in [9.17, 15) is 9.59 Å². The first kappa shape index (κ1) is 15.8. The number of carbonyl (C=O) groups excluding carboxylic acids is 2. The van der Waals surface area contributed by atoms with E-state index in [1.165, 1.54) is 0 Å². The van der Waals surface area contributed by atoms with E-state index in [2.05, 4.69) is 0 Å². The van der Waals surface area contributed by atoms with E-state index in [-0.39, 0.29) is 17.5 Å². The van der Waals surface area contributed by atoms with Crippen LogP contribution in [-0.2, 0) is 9.53 Å². The Morgan fingerprint density at radius 2 is 1.63 bits per heavy atom. The molecule has 0 spiro atoms. The van der Waals surface area contributed by atoms with Crippen LogP contribution in [0.5, 0.6) is 0 Å². The zero-order valence-electron chi connectivity index (χ0n) is 13.3. The monoisotopic (exact) mass is 269 g/mol. The van der Waals surface area contributed by atoms with E-state index >= 15 is 0 Å². The Balaban J connectivity index is 3.08. The van der Waals surface area contributed by atoms with E-state index < -0.39 is 17.7 Å². The molecule has 0 radical (unpaired) electrons. The van der Waals surface area contributed by atoms with Crippen LogP contribution in [0.15, 0.2) is 0 Å². The molecule has 2 atom stereocenters. The molecule has 1 saturated heterocycles. The largest absolute Gasteiger partial charge is 0.444 e. The third-order valence-electron chi connectivity index (χ3n) is 3.13. The van der Waals surface area contributed by atoms with Crippen molar-refractivity contribution < 1.29 is 14.3 Å². The summed E-state index contributed by atoms with van der Waals surface area (Å²) >= 11 is 0. The molecule has 1 fully saturated rings. The van der Waals surface area contributed by atoms with Crippen molar-refractivity contribution in [2.75, 3.05) is 7.05 Å². The molecule has 5 nitrogen and oxygen atoms in total. The molecule has 0 N–H and O–H groups in total. The molecule has 2 amide bonds. The van der Waals surface area contributed by atoms with Crippen molar-refractivity contribution in [3.8, 4) is 0 Å². The molecule has 0 saturated carbocycles. The SMILES string of the molecule is CN1C(=O)[C@@H]([11CH3])N(C(=O)OC(C)(C)C)[C@H]1C(C)(C)C. The molecule has 5 heteroatoms. The summed E-state index contributed by atoms with van der Waals surface area (Å²) in [7, 11) is 1.74. The molecule has 0 aliphatic carbocycles. The van der Waals surface area contributed by atoms with Crippen molar-refractivity contribution in [1.29, 1.82) is 0 Å². The van der Waals surface area contributed by atoms with Gasteiger partial charge in [0, 0.05) is 12.5 Å². The van der Waals surface area contributed by atoms with Gasteiger partial charge in [0.15, 0.2) is 0 Å². The van der Waals surface area contributed by atoms with Gasteiger partial charge in [-0.2, -0.15) is 0 Å². The summed E-state index contributed by atoms with van der Waals surface area (Å²) in [6, 6.07) is -0.482. The maximum atomic E-state index is 12.3. The van der Waals surface area contributed by atoms with Crippen molar-refractivity contribution in [1.82, 2.24) is 9.80 Å². The van der Waals surface area contributed by atoms with E-state index in [4.69, 9.17) is 4.74 Å². The van der Waals surface area contributed by atoms with E-state index in [1.54, 1.807) is 23.8 Å². The van der Waals surface area contributed by atoms with Gasteiger partial charge in [-0.25, -0.2) is 4.79 Å². The van der Waals surface area contributed by atoms with Crippen molar-refractivity contribution in [3.05, 3.63) is 0 Å². The van der Waals surface area contributed by atoms with Gasteiger partial charge in [-0.1, -0.05) is 20.8 Å². The molecular formula is C14H26N2O3. The van der Waals surface area contributed by atoms with Crippen LogP contribution >= 0.6 is 0 Å².